The number of rotatable bonds is 7. The first-order valence-electron chi connectivity index (χ1n) is 5.15. The van der Waals surface area contributed by atoms with Crippen LogP contribution < -0.4 is 5.73 Å². The largest absolute Gasteiger partial charge is 0.399 e. The summed E-state index contributed by atoms with van der Waals surface area (Å²) in [5.74, 6) is -1.51. The second-order valence-electron chi connectivity index (χ2n) is 3.46. The highest BCUT2D eigenvalue weighted by atomic mass is 19.4. The van der Waals surface area contributed by atoms with Crippen molar-refractivity contribution in [2.45, 2.75) is 13.1 Å². The fourth-order valence-electron chi connectivity index (χ4n) is 0.813. The molecule has 1 unspecified atom stereocenters. The second kappa shape index (κ2) is 8.14. The van der Waals surface area contributed by atoms with Crippen molar-refractivity contribution in [2.75, 3.05) is 26.9 Å². The summed E-state index contributed by atoms with van der Waals surface area (Å²) in [5.41, 5.74) is 5.72. The molecule has 0 radical (unpaired) electrons. The summed E-state index contributed by atoms with van der Waals surface area (Å²) in [7, 11) is 1.55. The number of halogens is 3. The lowest BCUT2D eigenvalue weighted by atomic mass is 10.1. The lowest BCUT2D eigenvalue weighted by Gasteiger charge is -2.10. The molecule has 0 fully saturated rings. The van der Waals surface area contributed by atoms with Gasteiger partial charge in [-0.05, 0) is 12.2 Å². The van der Waals surface area contributed by atoms with E-state index in [0.717, 1.165) is 13.0 Å². The van der Waals surface area contributed by atoms with Crippen molar-refractivity contribution in [2.24, 2.45) is 11.7 Å². The Morgan fingerprint density at radius 2 is 2.00 bits per heavy atom. The number of allylic oxidation sites excluding steroid dienone is 2. The maximum absolute atomic E-state index is 12.1. The molecule has 0 rings (SSSR count). The van der Waals surface area contributed by atoms with Crippen LogP contribution >= 0.6 is 0 Å². The van der Waals surface area contributed by atoms with Gasteiger partial charge in [-0.25, -0.2) is 0 Å². The molecular formula is C11H18F3NO2. The summed E-state index contributed by atoms with van der Waals surface area (Å²) in [5, 5.41) is 0. The number of nitrogens with two attached hydrogens (primary N) is 1. The van der Waals surface area contributed by atoms with E-state index >= 15 is 0 Å². The van der Waals surface area contributed by atoms with Crippen molar-refractivity contribution in [3.63, 3.8) is 0 Å². The molecule has 0 aromatic heterocycles. The van der Waals surface area contributed by atoms with Crippen LogP contribution in [0.1, 0.15) is 6.92 Å². The van der Waals surface area contributed by atoms with Crippen LogP contribution in [-0.4, -0.2) is 33.1 Å². The number of ether oxygens (including phenoxy) is 2. The highest BCUT2D eigenvalue weighted by Crippen LogP contribution is 2.26. The zero-order chi connectivity index (χ0) is 13.3. The van der Waals surface area contributed by atoms with E-state index in [9.17, 15) is 13.2 Å². The minimum Gasteiger partial charge on any atom is -0.399 e. The molecular weight excluding hydrogens is 235 g/mol. The molecule has 0 aliphatic heterocycles. The van der Waals surface area contributed by atoms with E-state index in [4.69, 9.17) is 15.2 Å². The quantitative estimate of drug-likeness (QED) is 0.559. The Kier molecular flexibility index (Phi) is 7.65. The molecule has 0 aromatic rings. The van der Waals surface area contributed by atoms with Crippen LogP contribution in [0.4, 0.5) is 13.2 Å². The van der Waals surface area contributed by atoms with Crippen molar-refractivity contribution in [3.8, 4) is 0 Å². The average molecular weight is 253 g/mol. The van der Waals surface area contributed by atoms with Crippen LogP contribution in [-0.2, 0) is 9.47 Å². The highest BCUT2D eigenvalue weighted by molar-refractivity contribution is 5.15. The molecule has 0 spiro atoms. The molecule has 0 aromatic carbocycles. The van der Waals surface area contributed by atoms with Gasteiger partial charge in [0.05, 0.1) is 25.7 Å². The fourth-order valence-corrected chi connectivity index (χ4v) is 0.813. The van der Waals surface area contributed by atoms with Gasteiger partial charge in [0, 0.05) is 12.8 Å². The van der Waals surface area contributed by atoms with Gasteiger partial charge in [-0.1, -0.05) is 13.0 Å². The van der Waals surface area contributed by atoms with Crippen LogP contribution in [0, 0.1) is 5.92 Å². The Bertz CT molecular complexity index is 262. The van der Waals surface area contributed by atoms with E-state index in [1.54, 1.807) is 7.11 Å². The first-order chi connectivity index (χ1) is 7.88. The maximum Gasteiger partial charge on any atom is 0.394 e. The van der Waals surface area contributed by atoms with E-state index in [1.807, 2.05) is 0 Å². The number of alkyl halides is 3. The van der Waals surface area contributed by atoms with Crippen LogP contribution in [0.2, 0.25) is 0 Å². The number of hydrogen-bond acceptors (Lipinski definition) is 3. The van der Waals surface area contributed by atoms with Crippen LogP contribution in [0.5, 0.6) is 0 Å². The second-order valence-corrected chi connectivity index (χ2v) is 3.46. The van der Waals surface area contributed by atoms with E-state index < -0.39 is 12.1 Å². The molecule has 0 aliphatic carbocycles. The predicted molar refractivity (Wildman–Crippen MR) is 59.3 cm³/mol. The van der Waals surface area contributed by atoms with Gasteiger partial charge in [-0.3, -0.25) is 0 Å². The van der Waals surface area contributed by atoms with E-state index in [-0.39, 0.29) is 12.3 Å². The predicted octanol–water partition coefficient (Wildman–Crippen LogP) is 2.25. The molecule has 2 N–H and O–H groups in total. The Morgan fingerprint density at radius 1 is 1.35 bits per heavy atom. The molecule has 3 nitrogen and oxygen atoms in total. The van der Waals surface area contributed by atoms with Crippen molar-refractivity contribution >= 4 is 0 Å². The first-order valence-corrected chi connectivity index (χ1v) is 5.15. The molecule has 0 amide bonds. The summed E-state index contributed by atoms with van der Waals surface area (Å²) in [6.07, 6.45) is -0.472. The SMILES string of the molecule is COCCOC/C=C(N)\C=C/C(C)C(F)(F)F. The summed E-state index contributed by atoms with van der Waals surface area (Å²) >= 11 is 0. The third-order valence-corrected chi connectivity index (χ3v) is 1.96. The molecule has 0 aliphatic rings. The summed E-state index contributed by atoms with van der Waals surface area (Å²) in [6, 6.07) is 0. The molecule has 0 saturated heterocycles. The average Bonchev–Trinajstić information content (AvgIpc) is 2.24. The van der Waals surface area contributed by atoms with E-state index in [1.165, 1.54) is 12.2 Å². The van der Waals surface area contributed by atoms with Crippen molar-refractivity contribution in [1.82, 2.24) is 0 Å². The fraction of sp³-hybridized carbons (Fsp3) is 0.636. The van der Waals surface area contributed by atoms with Gasteiger partial charge in [0.1, 0.15) is 0 Å². The summed E-state index contributed by atoms with van der Waals surface area (Å²) in [6.45, 7) is 2.20. The molecule has 0 saturated carbocycles. The summed E-state index contributed by atoms with van der Waals surface area (Å²) in [4.78, 5) is 0. The van der Waals surface area contributed by atoms with Crippen LogP contribution in [0.3, 0.4) is 0 Å². The zero-order valence-corrected chi connectivity index (χ0v) is 9.96. The Morgan fingerprint density at radius 3 is 2.53 bits per heavy atom. The normalized spacial score (nSPS) is 15.5. The van der Waals surface area contributed by atoms with Crippen molar-refractivity contribution in [1.29, 1.82) is 0 Å². The lowest BCUT2D eigenvalue weighted by molar-refractivity contribution is -0.156. The maximum atomic E-state index is 12.1. The van der Waals surface area contributed by atoms with E-state index in [2.05, 4.69) is 0 Å². The van der Waals surface area contributed by atoms with Gasteiger partial charge in [0.25, 0.3) is 0 Å². The molecule has 100 valence electrons. The van der Waals surface area contributed by atoms with Crippen molar-refractivity contribution in [3.05, 3.63) is 23.9 Å². The number of methoxy groups -OCH3 is 1. The third kappa shape index (κ3) is 8.76. The molecule has 0 bridgehead atoms. The van der Waals surface area contributed by atoms with Crippen LogP contribution in [0.25, 0.3) is 0 Å². The third-order valence-electron chi connectivity index (χ3n) is 1.96. The van der Waals surface area contributed by atoms with Gasteiger partial charge < -0.3 is 15.2 Å². The van der Waals surface area contributed by atoms with Gasteiger partial charge in [-0.2, -0.15) is 13.2 Å². The topological polar surface area (TPSA) is 44.5 Å². The smallest absolute Gasteiger partial charge is 0.394 e. The molecule has 0 heterocycles. The summed E-state index contributed by atoms with van der Waals surface area (Å²) < 4.78 is 46.3. The monoisotopic (exact) mass is 253 g/mol. The van der Waals surface area contributed by atoms with Gasteiger partial charge in [0.15, 0.2) is 0 Å². The Balaban J connectivity index is 3.95. The lowest BCUT2D eigenvalue weighted by Crippen LogP contribution is -2.17. The Labute approximate surface area is 99.1 Å². The van der Waals surface area contributed by atoms with Gasteiger partial charge in [0.2, 0.25) is 0 Å². The molecule has 6 heteroatoms. The first kappa shape index (κ1) is 16.0. The zero-order valence-electron chi connectivity index (χ0n) is 9.96. The van der Waals surface area contributed by atoms with Gasteiger partial charge in [-0.15, -0.1) is 0 Å². The molecule has 1 atom stereocenters. The van der Waals surface area contributed by atoms with Crippen LogP contribution in [0.15, 0.2) is 23.9 Å². The molecule has 17 heavy (non-hydrogen) atoms. The highest BCUT2D eigenvalue weighted by Gasteiger charge is 2.33. The van der Waals surface area contributed by atoms with Gasteiger partial charge >= 0.3 is 6.18 Å². The van der Waals surface area contributed by atoms with Crippen molar-refractivity contribution < 1.29 is 22.6 Å². The number of hydrogen-bond donors (Lipinski definition) is 1. The standard InChI is InChI=1S/C11H18F3NO2/c1-9(11(12,13)14)3-4-10(15)5-6-17-8-7-16-2/h3-5,9H,6-8,15H2,1-2H3/b4-3-,10-5+. The van der Waals surface area contributed by atoms with E-state index in [0.29, 0.717) is 13.2 Å². The minimum atomic E-state index is -4.23. The minimum absolute atomic E-state index is 0.249. The Hall–Kier alpha value is -1.01.